The lowest BCUT2D eigenvalue weighted by Crippen LogP contribution is -2.38. The minimum absolute atomic E-state index is 0.0688. The number of rotatable bonds is 2. The molecule has 88 valence electrons. The Balaban J connectivity index is 2.16. The zero-order valence-electron chi connectivity index (χ0n) is 8.95. The van der Waals surface area contributed by atoms with Crippen molar-refractivity contribution < 1.29 is 9.21 Å². The van der Waals surface area contributed by atoms with Gasteiger partial charge in [-0.1, -0.05) is 22.9 Å². The summed E-state index contributed by atoms with van der Waals surface area (Å²) in [6.07, 6.45) is 1.04. The molecule has 0 saturated carbocycles. The van der Waals surface area contributed by atoms with E-state index in [2.05, 4.69) is 22.9 Å². The molecule has 3 nitrogen and oxygen atoms in total. The maximum absolute atomic E-state index is 12.1. The fourth-order valence-corrected chi connectivity index (χ4v) is 3.20. The zero-order valence-corrected chi connectivity index (χ0v) is 11.3. The average Bonchev–Trinajstić information content (AvgIpc) is 2.83. The van der Waals surface area contributed by atoms with Gasteiger partial charge in [0, 0.05) is 17.9 Å². The Bertz CT molecular complexity index is 393. The van der Waals surface area contributed by atoms with E-state index in [-0.39, 0.29) is 17.2 Å². The first-order valence-electron chi connectivity index (χ1n) is 5.25. The topological polar surface area (TPSA) is 33.5 Å². The van der Waals surface area contributed by atoms with Crippen molar-refractivity contribution in [3.05, 3.63) is 23.1 Å². The molecule has 2 rings (SSSR count). The predicted octanol–water partition coefficient (Wildman–Crippen LogP) is 3.18. The Labute approximate surface area is 108 Å². The van der Waals surface area contributed by atoms with Gasteiger partial charge in [-0.2, -0.15) is 0 Å². The van der Waals surface area contributed by atoms with Crippen LogP contribution in [0.15, 0.2) is 16.5 Å². The summed E-state index contributed by atoms with van der Waals surface area (Å²) < 4.78 is 5.14. The number of nitrogens with zero attached hydrogens (tertiary/aromatic N) is 1. The van der Waals surface area contributed by atoms with Crippen molar-refractivity contribution in [3.63, 3.8) is 0 Å². The summed E-state index contributed by atoms with van der Waals surface area (Å²) in [5.41, 5.74) is 0. The molecule has 0 spiro atoms. The third-order valence-corrected chi connectivity index (χ3v) is 3.95. The van der Waals surface area contributed by atoms with Gasteiger partial charge >= 0.3 is 0 Å². The zero-order chi connectivity index (χ0) is 11.7. The highest BCUT2D eigenvalue weighted by molar-refractivity contribution is 9.09. The molecule has 0 bridgehead atoms. The van der Waals surface area contributed by atoms with E-state index >= 15 is 0 Å². The molecular weight excluding hydrogens is 293 g/mol. The number of amides is 1. The van der Waals surface area contributed by atoms with Crippen molar-refractivity contribution in [1.29, 1.82) is 0 Å². The Morgan fingerprint density at radius 3 is 3.00 bits per heavy atom. The van der Waals surface area contributed by atoms with Gasteiger partial charge in [0.2, 0.25) is 0 Å². The minimum Gasteiger partial charge on any atom is -0.440 e. The number of hydrogen-bond acceptors (Lipinski definition) is 2. The highest BCUT2D eigenvalue weighted by Gasteiger charge is 2.35. The fraction of sp³-hybridized carbons (Fsp3) is 0.545. The Hall–Kier alpha value is -0.480. The fourth-order valence-electron chi connectivity index (χ4n) is 2.07. The van der Waals surface area contributed by atoms with Crippen molar-refractivity contribution in [1.82, 2.24) is 4.90 Å². The van der Waals surface area contributed by atoms with Crippen LogP contribution in [0.2, 0.25) is 5.22 Å². The monoisotopic (exact) mass is 305 g/mol. The molecule has 0 aliphatic carbocycles. The molecule has 1 fully saturated rings. The standard InChI is InChI=1S/C11H13BrClNO2/c1-7-4-5-14(8(7)6-12)11(15)9-2-3-10(13)16-9/h2-3,7-8H,4-6H2,1H3. The van der Waals surface area contributed by atoms with Crippen molar-refractivity contribution in [2.24, 2.45) is 5.92 Å². The summed E-state index contributed by atoms with van der Waals surface area (Å²) in [5.74, 6) is 0.777. The van der Waals surface area contributed by atoms with E-state index < -0.39 is 0 Å². The number of carbonyl (C=O) groups excluding carboxylic acids is 1. The maximum atomic E-state index is 12.1. The lowest BCUT2D eigenvalue weighted by molar-refractivity contribution is 0.0706. The normalized spacial score (nSPS) is 25.1. The summed E-state index contributed by atoms with van der Waals surface area (Å²) in [6.45, 7) is 2.95. The van der Waals surface area contributed by atoms with Gasteiger partial charge < -0.3 is 9.32 Å². The maximum Gasteiger partial charge on any atom is 0.289 e. The van der Waals surface area contributed by atoms with Crippen LogP contribution in [-0.4, -0.2) is 28.7 Å². The number of alkyl halides is 1. The van der Waals surface area contributed by atoms with Gasteiger partial charge in [0.05, 0.1) is 0 Å². The number of likely N-dealkylation sites (tertiary alicyclic amines) is 1. The molecule has 1 aliphatic rings. The van der Waals surface area contributed by atoms with Crippen LogP contribution >= 0.6 is 27.5 Å². The third-order valence-electron chi connectivity index (χ3n) is 3.09. The van der Waals surface area contributed by atoms with Crippen LogP contribution in [0.3, 0.4) is 0 Å². The number of carbonyl (C=O) groups is 1. The van der Waals surface area contributed by atoms with E-state index in [9.17, 15) is 4.79 Å². The summed E-state index contributed by atoms with van der Waals surface area (Å²) >= 11 is 9.12. The average molecular weight is 307 g/mol. The van der Waals surface area contributed by atoms with E-state index in [0.29, 0.717) is 11.7 Å². The molecule has 2 atom stereocenters. The number of hydrogen-bond donors (Lipinski definition) is 0. The first-order valence-corrected chi connectivity index (χ1v) is 6.75. The second-order valence-electron chi connectivity index (χ2n) is 4.09. The third kappa shape index (κ3) is 2.13. The van der Waals surface area contributed by atoms with E-state index in [1.165, 1.54) is 0 Å². The first kappa shape index (κ1) is 12.0. The molecule has 1 aromatic heterocycles. The van der Waals surface area contributed by atoms with Crippen LogP contribution < -0.4 is 0 Å². The van der Waals surface area contributed by atoms with Gasteiger partial charge in [-0.15, -0.1) is 0 Å². The molecule has 16 heavy (non-hydrogen) atoms. The molecule has 0 aromatic carbocycles. The SMILES string of the molecule is CC1CCN(C(=O)c2ccc(Cl)o2)C1CBr. The molecule has 0 radical (unpaired) electrons. The van der Waals surface area contributed by atoms with Gasteiger partial charge in [-0.05, 0) is 36.1 Å². The van der Waals surface area contributed by atoms with Crippen LogP contribution in [0.5, 0.6) is 0 Å². The minimum atomic E-state index is -0.0688. The van der Waals surface area contributed by atoms with Crippen molar-refractivity contribution in [2.75, 3.05) is 11.9 Å². The second-order valence-corrected chi connectivity index (χ2v) is 5.11. The molecule has 1 aliphatic heterocycles. The molecule has 0 N–H and O–H groups in total. The highest BCUT2D eigenvalue weighted by atomic mass is 79.9. The van der Waals surface area contributed by atoms with Crippen LogP contribution in [0.1, 0.15) is 23.9 Å². The van der Waals surface area contributed by atoms with Crippen molar-refractivity contribution in [3.8, 4) is 0 Å². The van der Waals surface area contributed by atoms with Gasteiger partial charge in [0.25, 0.3) is 5.91 Å². The van der Waals surface area contributed by atoms with Crippen molar-refractivity contribution >= 4 is 33.4 Å². The lowest BCUT2D eigenvalue weighted by atomic mass is 10.1. The molecule has 2 heterocycles. The number of halogens is 2. The predicted molar refractivity (Wildman–Crippen MR) is 66.1 cm³/mol. The highest BCUT2D eigenvalue weighted by Crippen LogP contribution is 2.27. The van der Waals surface area contributed by atoms with Gasteiger partial charge in [0.1, 0.15) is 0 Å². The smallest absolute Gasteiger partial charge is 0.289 e. The molecule has 2 unspecified atom stereocenters. The Morgan fingerprint density at radius 1 is 1.69 bits per heavy atom. The molecule has 1 aromatic rings. The largest absolute Gasteiger partial charge is 0.440 e. The summed E-state index contributed by atoms with van der Waals surface area (Å²) in [7, 11) is 0. The Kier molecular flexibility index (Phi) is 3.60. The molecule has 5 heteroatoms. The van der Waals surface area contributed by atoms with Crippen LogP contribution in [0.25, 0.3) is 0 Å². The first-order chi connectivity index (χ1) is 7.63. The van der Waals surface area contributed by atoms with Crippen LogP contribution in [-0.2, 0) is 0 Å². The summed E-state index contributed by atoms with van der Waals surface area (Å²) in [6, 6.07) is 3.47. The summed E-state index contributed by atoms with van der Waals surface area (Å²) in [5, 5.41) is 1.06. The molecule has 1 saturated heterocycles. The van der Waals surface area contributed by atoms with Gasteiger partial charge in [-0.3, -0.25) is 4.79 Å². The quantitative estimate of drug-likeness (QED) is 0.786. The van der Waals surface area contributed by atoms with Gasteiger partial charge in [-0.25, -0.2) is 0 Å². The van der Waals surface area contributed by atoms with Gasteiger partial charge in [0.15, 0.2) is 11.0 Å². The Morgan fingerprint density at radius 2 is 2.44 bits per heavy atom. The second kappa shape index (κ2) is 4.80. The lowest BCUT2D eigenvalue weighted by Gasteiger charge is -2.24. The molecule has 1 amide bonds. The van der Waals surface area contributed by atoms with Crippen LogP contribution in [0, 0.1) is 5.92 Å². The van der Waals surface area contributed by atoms with E-state index in [1.807, 2.05) is 4.90 Å². The van der Waals surface area contributed by atoms with E-state index in [4.69, 9.17) is 16.0 Å². The van der Waals surface area contributed by atoms with E-state index in [1.54, 1.807) is 12.1 Å². The number of furan rings is 1. The van der Waals surface area contributed by atoms with E-state index in [0.717, 1.165) is 18.3 Å². The molecular formula is C11H13BrClNO2. The van der Waals surface area contributed by atoms with Crippen LogP contribution in [0.4, 0.5) is 0 Å². The van der Waals surface area contributed by atoms with Crippen molar-refractivity contribution in [2.45, 2.75) is 19.4 Å². The summed E-state index contributed by atoms with van der Waals surface area (Å²) in [4.78, 5) is 14.0.